The van der Waals surface area contributed by atoms with Gasteiger partial charge in [0.2, 0.25) is 5.82 Å². The second-order valence-electron chi connectivity index (χ2n) is 5.91. The van der Waals surface area contributed by atoms with Gasteiger partial charge < -0.3 is 14.6 Å². The highest BCUT2D eigenvalue weighted by Crippen LogP contribution is 2.35. The summed E-state index contributed by atoms with van der Waals surface area (Å²) in [4.78, 5) is 18.7. The first-order valence-electron chi connectivity index (χ1n) is 7.91. The fourth-order valence-electron chi connectivity index (χ4n) is 2.27. The number of ether oxygens (including phenoxy) is 1. The predicted molar refractivity (Wildman–Crippen MR) is 93.8 cm³/mol. The molecule has 0 atom stereocenters. The summed E-state index contributed by atoms with van der Waals surface area (Å²) in [5, 5.41) is 18.0. The van der Waals surface area contributed by atoms with Gasteiger partial charge in [0.15, 0.2) is 5.82 Å². The van der Waals surface area contributed by atoms with Gasteiger partial charge in [0.25, 0.3) is 0 Å². The van der Waals surface area contributed by atoms with Gasteiger partial charge in [0.05, 0.1) is 4.92 Å². The molecule has 0 unspecified atom stereocenters. The van der Waals surface area contributed by atoms with Crippen LogP contribution in [0.2, 0.25) is 0 Å². The number of nitrogens with zero attached hydrogens (tertiary/aromatic N) is 4. The van der Waals surface area contributed by atoms with E-state index in [1.54, 1.807) is 25.1 Å². The lowest BCUT2D eigenvalue weighted by Crippen LogP contribution is -2.03. The molecule has 134 valence electrons. The van der Waals surface area contributed by atoms with E-state index in [1.165, 1.54) is 6.33 Å². The van der Waals surface area contributed by atoms with Crippen LogP contribution in [0.3, 0.4) is 0 Å². The molecule has 0 saturated heterocycles. The first kappa shape index (κ1) is 17.3. The SMILES string of the molecule is Cc1cc(Nc2ncnc(Oc3ccc(C(C)C)cc3)c2[N+](=O)[O-])no1. The molecular weight excluding hydrogens is 338 g/mol. The predicted octanol–water partition coefficient (Wildman–Crippen LogP) is 4.34. The van der Waals surface area contributed by atoms with Crippen molar-refractivity contribution in [3.63, 3.8) is 0 Å². The summed E-state index contributed by atoms with van der Waals surface area (Å²) in [6, 6.07) is 8.90. The number of hydrogen-bond donors (Lipinski definition) is 1. The van der Waals surface area contributed by atoms with Gasteiger partial charge in [0.1, 0.15) is 17.8 Å². The van der Waals surface area contributed by atoms with E-state index in [0.29, 0.717) is 23.2 Å². The summed E-state index contributed by atoms with van der Waals surface area (Å²) < 4.78 is 10.5. The van der Waals surface area contributed by atoms with Crippen LogP contribution in [0.5, 0.6) is 11.6 Å². The Morgan fingerprint density at radius 3 is 2.54 bits per heavy atom. The molecular formula is C17H17N5O4. The van der Waals surface area contributed by atoms with Crippen molar-refractivity contribution >= 4 is 17.3 Å². The smallest absolute Gasteiger partial charge is 0.373 e. The molecule has 0 aliphatic heterocycles. The summed E-state index contributed by atoms with van der Waals surface area (Å²) in [6.45, 7) is 5.87. The first-order valence-corrected chi connectivity index (χ1v) is 7.91. The van der Waals surface area contributed by atoms with Gasteiger partial charge in [-0.05, 0) is 30.5 Å². The molecule has 0 bridgehead atoms. The standard InChI is InChI=1S/C17H17N5O4/c1-10(2)12-4-6-13(7-5-12)25-17-15(22(23)24)16(18-9-19-17)20-14-8-11(3)26-21-14/h4-10H,1-3H3,(H,18,19,20,21). The molecule has 1 aromatic carbocycles. The van der Waals surface area contributed by atoms with Gasteiger partial charge in [-0.25, -0.2) is 4.98 Å². The zero-order valence-electron chi connectivity index (χ0n) is 14.5. The van der Waals surface area contributed by atoms with Gasteiger partial charge in [-0.1, -0.05) is 31.1 Å². The van der Waals surface area contributed by atoms with E-state index in [1.807, 2.05) is 12.1 Å². The van der Waals surface area contributed by atoms with Gasteiger partial charge >= 0.3 is 11.6 Å². The molecule has 9 heteroatoms. The number of aryl methyl sites for hydroxylation is 1. The van der Waals surface area contributed by atoms with Crippen LogP contribution in [0.15, 0.2) is 41.2 Å². The first-order chi connectivity index (χ1) is 12.4. The summed E-state index contributed by atoms with van der Waals surface area (Å²) in [5.74, 6) is 1.48. The van der Waals surface area contributed by atoms with Crippen molar-refractivity contribution in [2.24, 2.45) is 0 Å². The van der Waals surface area contributed by atoms with Gasteiger partial charge in [-0.15, -0.1) is 0 Å². The molecule has 26 heavy (non-hydrogen) atoms. The van der Waals surface area contributed by atoms with E-state index >= 15 is 0 Å². The minimum absolute atomic E-state index is 0.0351. The van der Waals surface area contributed by atoms with Crippen LogP contribution in [-0.4, -0.2) is 20.0 Å². The lowest BCUT2D eigenvalue weighted by Gasteiger charge is -2.09. The Hall–Kier alpha value is -3.49. The summed E-state index contributed by atoms with van der Waals surface area (Å²) in [7, 11) is 0. The minimum Gasteiger partial charge on any atom is -0.434 e. The molecule has 0 aliphatic rings. The monoisotopic (exact) mass is 355 g/mol. The number of benzene rings is 1. The van der Waals surface area contributed by atoms with Crippen LogP contribution in [-0.2, 0) is 0 Å². The van der Waals surface area contributed by atoms with Crippen molar-refractivity contribution in [3.8, 4) is 11.6 Å². The van der Waals surface area contributed by atoms with Gasteiger partial charge in [-0.2, -0.15) is 4.98 Å². The van der Waals surface area contributed by atoms with Crippen LogP contribution in [0.4, 0.5) is 17.3 Å². The third kappa shape index (κ3) is 3.77. The Bertz CT molecular complexity index is 921. The van der Waals surface area contributed by atoms with Crippen LogP contribution in [0.25, 0.3) is 0 Å². The highest BCUT2D eigenvalue weighted by Gasteiger charge is 2.26. The number of rotatable bonds is 6. The Morgan fingerprint density at radius 2 is 1.96 bits per heavy atom. The van der Waals surface area contributed by atoms with E-state index in [4.69, 9.17) is 9.26 Å². The summed E-state index contributed by atoms with van der Waals surface area (Å²) in [5.41, 5.74) is 0.749. The molecule has 0 aliphatic carbocycles. The number of nitrogens with one attached hydrogen (secondary N) is 1. The number of aromatic nitrogens is 3. The molecule has 2 heterocycles. The van der Waals surface area contributed by atoms with Crippen molar-refractivity contribution in [2.45, 2.75) is 26.7 Å². The van der Waals surface area contributed by atoms with E-state index in [-0.39, 0.29) is 17.4 Å². The molecule has 0 fully saturated rings. The normalized spacial score (nSPS) is 10.8. The van der Waals surface area contributed by atoms with E-state index < -0.39 is 4.92 Å². The minimum atomic E-state index is -0.604. The van der Waals surface area contributed by atoms with Crippen LogP contribution < -0.4 is 10.1 Å². The van der Waals surface area contributed by atoms with Crippen molar-refractivity contribution in [3.05, 3.63) is 58.1 Å². The van der Waals surface area contributed by atoms with Crippen LogP contribution in [0.1, 0.15) is 31.1 Å². The fourth-order valence-corrected chi connectivity index (χ4v) is 2.27. The van der Waals surface area contributed by atoms with E-state index in [2.05, 4.69) is 34.3 Å². The summed E-state index contributed by atoms with van der Waals surface area (Å²) >= 11 is 0. The Kier molecular flexibility index (Phi) is 4.78. The number of nitro groups is 1. The molecule has 1 N–H and O–H groups in total. The molecule has 3 rings (SSSR count). The Balaban J connectivity index is 1.91. The molecule has 0 spiro atoms. The number of hydrogen-bond acceptors (Lipinski definition) is 8. The van der Waals surface area contributed by atoms with Crippen molar-refractivity contribution in [1.82, 2.24) is 15.1 Å². The maximum Gasteiger partial charge on any atom is 0.373 e. The van der Waals surface area contributed by atoms with Gasteiger partial charge in [-0.3, -0.25) is 10.1 Å². The quantitative estimate of drug-likeness (QED) is 0.512. The van der Waals surface area contributed by atoms with Crippen molar-refractivity contribution in [2.75, 3.05) is 5.32 Å². The highest BCUT2D eigenvalue weighted by molar-refractivity contribution is 5.67. The van der Waals surface area contributed by atoms with Gasteiger partial charge in [0, 0.05) is 6.07 Å². The third-order valence-corrected chi connectivity index (χ3v) is 3.61. The van der Waals surface area contributed by atoms with Crippen LogP contribution >= 0.6 is 0 Å². The average molecular weight is 355 g/mol. The van der Waals surface area contributed by atoms with Crippen molar-refractivity contribution < 1.29 is 14.2 Å². The molecule has 9 nitrogen and oxygen atoms in total. The van der Waals surface area contributed by atoms with Crippen molar-refractivity contribution in [1.29, 1.82) is 0 Å². The van der Waals surface area contributed by atoms with E-state index in [9.17, 15) is 10.1 Å². The Morgan fingerprint density at radius 1 is 1.23 bits per heavy atom. The van der Waals surface area contributed by atoms with E-state index in [0.717, 1.165) is 5.56 Å². The zero-order chi connectivity index (χ0) is 18.7. The maximum absolute atomic E-state index is 11.5. The third-order valence-electron chi connectivity index (χ3n) is 3.61. The molecule has 2 aromatic heterocycles. The molecule has 0 amide bonds. The molecule has 0 radical (unpaired) electrons. The molecule has 3 aromatic rings. The largest absolute Gasteiger partial charge is 0.434 e. The summed E-state index contributed by atoms with van der Waals surface area (Å²) in [6.07, 6.45) is 1.18. The highest BCUT2D eigenvalue weighted by atomic mass is 16.6. The molecule has 0 saturated carbocycles. The second-order valence-corrected chi connectivity index (χ2v) is 5.91. The lowest BCUT2D eigenvalue weighted by molar-refractivity contribution is -0.385. The Labute approximate surface area is 149 Å². The second kappa shape index (κ2) is 7.18. The van der Waals surface area contributed by atoms with Crippen LogP contribution in [0, 0.1) is 17.0 Å². The maximum atomic E-state index is 11.5. The zero-order valence-corrected chi connectivity index (χ0v) is 14.5. The number of anilines is 2. The fraction of sp³-hybridized carbons (Fsp3) is 0.235. The lowest BCUT2D eigenvalue weighted by atomic mass is 10.0. The topological polar surface area (TPSA) is 116 Å². The average Bonchev–Trinajstić information content (AvgIpc) is 3.00.